The molecule has 2 heterocycles. The molecule has 5 heteroatoms. The molecule has 3 rings (SSSR count). The Balaban J connectivity index is 1.87. The van der Waals surface area contributed by atoms with E-state index in [0.29, 0.717) is 0 Å². The summed E-state index contributed by atoms with van der Waals surface area (Å²) < 4.78 is 0. The van der Waals surface area contributed by atoms with E-state index in [-0.39, 0.29) is 6.04 Å². The smallest absolute Gasteiger partial charge is 0.0907 e. The molecule has 0 aliphatic rings. The number of rotatable bonds is 3. The lowest BCUT2D eigenvalue weighted by atomic mass is 10.1. The molecule has 1 N–H and O–H groups in total. The lowest BCUT2D eigenvalue weighted by Gasteiger charge is -2.16. The Morgan fingerprint density at radius 2 is 1.60 bits per heavy atom. The molecule has 20 heavy (non-hydrogen) atoms. The van der Waals surface area contributed by atoms with Crippen LogP contribution in [0.15, 0.2) is 43.0 Å². The summed E-state index contributed by atoms with van der Waals surface area (Å²) in [6, 6.07) is 6.03. The molecule has 1 unspecified atom stereocenters. The molecule has 1 aromatic carbocycles. The number of aryl methyl sites for hydroxylation is 1. The van der Waals surface area contributed by atoms with E-state index in [1.165, 1.54) is 0 Å². The summed E-state index contributed by atoms with van der Waals surface area (Å²) in [6.45, 7) is 4.03. The Bertz CT molecular complexity index is 741. The number of hydrogen-bond acceptors (Lipinski definition) is 5. The van der Waals surface area contributed by atoms with Crippen LogP contribution in [0.4, 0.5) is 5.69 Å². The van der Waals surface area contributed by atoms with Crippen LogP contribution in [0.3, 0.4) is 0 Å². The SMILES string of the molecule is Cc1nccnc1C(C)Nc1ccc2nccnc2c1. The van der Waals surface area contributed by atoms with Crippen molar-refractivity contribution in [1.29, 1.82) is 0 Å². The zero-order valence-corrected chi connectivity index (χ0v) is 11.4. The standard InChI is InChI=1S/C15H15N5/c1-10-15(19-8-5-16-10)11(2)20-12-3-4-13-14(9-12)18-7-6-17-13/h3-9,11,20H,1-2H3. The molecule has 3 aromatic rings. The van der Waals surface area contributed by atoms with Gasteiger partial charge in [-0.3, -0.25) is 19.9 Å². The lowest BCUT2D eigenvalue weighted by Crippen LogP contribution is -2.11. The first-order valence-electron chi connectivity index (χ1n) is 6.49. The van der Waals surface area contributed by atoms with Gasteiger partial charge in [0.1, 0.15) is 0 Å². The molecule has 0 saturated carbocycles. The molecule has 0 amide bonds. The van der Waals surface area contributed by atoms with Gasteiger partial charge in [-0.05, 0) is 32.0 Å². The van der Waals surface area contributed by atoms with E-state index >= 15 is 0 Å². The van der Waals surface area contributed by atoms with Gasteiger partial charge in [-0.25, -0.2) is 0 Å². The van der Waals surface area contributed by atoms with E-state index in [1.807, 2.05) is 25.1 Å². The highest BCUT2D eigenvalue weighted by atomic mass is 15.0. The Morgan fingerprint density at radius 3 is 2.40 bits per heavy atom. The molecule has 5 nitrogen and oxygen atoms in total. The minimum absolute atomic E-state index is 0.0813. The number of fused-ring (bicyclic) bond motifs is 1. The normalized spacial score (nSPS) is 12.3. The average molecular weight is 265 g/mol. The number of hydrogen-bond donors (Lipinski definition) is 1. The van der Waals surface area contributed by atoms with Crippen LogP contribution in [0, 0.1) is 6.92 Å². The van der Waals surface area contributed by atoms with E-state index in [2.05, 4.69) is 32.2 Å². The molecular weight excluding hydrogens is 250 g/mol. The maximum Gasteiger partial charge on any atom is 0.0907 e. The third-order valence-electron chi connectivity index (χ3n) is 3.18. The highest BCUT2D eigenvalue weighted by molar-refractivity contribution is 5.78. The third-order valence-corrected chi connectivity index (χ3v) is 3.18. The minimum Gasteiger partial charge on any atom is -0.377 e. The van der Waals surface area contributed by atoms with E-state index < -0.39 is 0 Å². The van der Waals surface area contributed by atoms with Crippen molar-refractivity contribution in [1.82, 2.24) is 19.9 Å². The van der Waals surface area contributed by atoms with Crippen molar-refractivity contribution < 1.29 is 0 Å². The first-order chi connectivity index (χ1) is 9.74. The van der Waals surface area contributed by atoms with Crippen LogP contribution in [0.5, 0.6) is 0 Å². The number of nitrogens with one attached hydrogen (secondary N) is 1. The second kappa shape index (κ2) is 5.21. The molecule has 0 bridgehead atoms. The van der Waals surface area contributed by atoms with Crippen molar-refractivity contribution in [3.63, 3.8) is 0 Å². The van der Waals surface area contributed by atoms with E-state index in [9.17, 15) is 0 Å². The summed E-state index contributed by atoms with van der Waals surface area (Å²) in [5.74, 6) is 0. The summed E-state index contributed by atoms with van der Waals surface area (Å²) in [5, 5.41) is 3.42. The fourth-order valence-electron chi connectivity index (χ4n) is 2.21. The van der Waals surface area contributed by atoms with E-state index in [0.717, 1.165) is 28.1 Å². The molecular formula is C15H15N5. The van der Waals surface area contributed by atoms with Gasteiger partial charge in [0.2, 0.25) is 0 Å². The zero-order chi connectivity index (χ0) is 13.9. The van der Waals surface area contributed by atoms with Gasteiger partial charge >= 0.3 is 0 Å². The molecule has 2 aromatic heterocycles. The predicted molar refractivity (Wildman–Crippen MR) is 78.3 cm³/mol. The van der Waals surface area contributed by atoms with Crippen LogP contribution in [0.25, 0.3) is 11.0 Å². The Kier molecular flexibility index (Phi) is 3.25. The van der Waals surface area contributed by atoms with E-state index in [1.54, 1.807) is 24.8 Å². The molecule has 0 saturated heterocycles. The van der Waals surface area contributed by atoms with E-state index in [4.69, 9.17) is 0 Å². The van der Waals surface area contributed by atoms with Crippen molar-refractivity contribution in [3.05, 3.63) is 54.4 Å². The lowest BCUT2D eigenvalue weighted by molar-refractivity contribution is 0.810. The molecule has 0 aliphatic carbocycles. The Hall–Kier alpha value is -2.56. The van der Waals surface area contributed by atoms with Crippen LogP contribution < -0.4 is 5.32 Å². The molecule has 0 aliphatic heterocycles. The van der Waals surface area contributed by atoms with Gasteiger partial charge in [-0.2, -0.15) is 0 Å². The van der Waals surface area contributed by atoms with Crippen molar-refractivity contribution in [2.75, 3.05) is 5.32 Å². The second-order valence-corrected chi connectivity index (χ2v) is 4.65. The maximum absolute atomic E-state index is 4.38. The van der Waals surface area contributed by atoms with Gasteiger partial charge in [0, 0.05) is 30.5 Å². The van der Waals surface area contributed by atoms with Crippen LogP contribution >= 0.6 is 0 Å². The zero-order valence-electron chi connectivity index (χ0n) is 11.4. The molecule has 0 radical (unpaired) electrons. The van der Waals surface area contributed by atoms with Gasteiger partial charge in [-0.15, -0.1) is 0 Å². The highest BCUT2D eigenvalue weighted by Crippen LogP contribution is 2.21. The maximum atomic E-state index is 4.38. The number of aromatic nitrogens is 4. The van der Waals surface area contributed by atoms with Crippen LogP contribution in [0.2, 0.25) is 0 Å². The number of benzene rings is 1. The van der Waals surface area contributed by atoms with Gasteiger partial charge in [0.05, 0.1) is 28.5 Å². The van der Waals surface area contributed by atoms with Crippen molar-refractivity contribution in [3.8, 4) is 0 Å². The largest absolute Gasteiger partial charge is 0.377 e. The van der Waals surface area contributed by atoms with Gasteiger partial charge < -0.3 is 5.32 Å². The summed E-state index contributed by atoms with van der Waals surface area (Å²) >= 11 is 0. The fourth-order valence-corrected chi connectivity index (χ4v) is 2.21. The quantitative estimate of drug-likeness (QED) is 0.789. The fraction of sp³-hybridized carbons (Fsp3) is 0.200. The first-order valence-corrected chi connectivity index (χ1v) is 6.49. The van der Waals surface area contributed by atoms with Crippen LogP contribution in [-0.4, -0.2) is 19.9 Å². The van der Waals surface area contributed by atoms with Crippen molar-refractivity contribution in [2.45, 2.75) is 19.9 Å². The molecule has 100 valence electrons. The number of nitrogens with zero attached hydrogens (tertiary/aromatic N) is 4. The molecule has 1 atom stereocenters. The molecule has 0 spiro atoms. The number of anilines is 1. The summed E-state index contributed by atoms with van der Waals surface area (Å²) in [4.78, 5) is 17.2. The van der Waals surface area contributed by atoms with Crippen molar-refractivity contribution >= 4 is 16.7 Å². The highest BCUT2D eigenvalue weighted by Gasteiger charge is 2.10. The first kappa shape index (κ1) is 12.5. The Labute approximate surface area is 117 Å². The average Bonchev–Trinajstić information content (AvgIpc) is 2.47. The second-order valence-electron chi connectivity index (χ2n) is 4.65. The van der Waals surface area contributed by atoms with Gasteiger partial charge in [0.15, 0.2) is 0 Å². The van der Waals surface area contributed by atoms with Crippen LogP contribution in [0.1, 0.15) is 24.4 Å². The van der Waals surface area contributed by atoms with Gasteiger partial charge in [-0.1, -0.05) is 0 Å². The monoisotopic (exact) mass is 265 g/mol. The molecule has 0 fully saturated rings. The summed E-state index contributed by atoms with van der Waals surface area (Å²) in [5.41, 5.74) is 4.65. The predicted octanol–water partition coefficient (Wildman–Crippen LogP) is 2.90. The van der Waals surface area contributed by atoms with Gasteiger partial charge in [0.25, 0.3) is 0 Å². The third kappa shape index (κ3) is 2.42. The topological polar surface area (TPSA) is 63.6 Å². The summed E-state index contributed by atoms with van der Waals surface area (Å²) in [7, 11) is 0. The Morgan fingerprint density at radius 1 is 0.900 bits per heavy atom. The summed E-state index contributed by atoms with van der Waals surface area (Å²) in [6.07, 6.45) is 6.81. The minimum atomic E-state index is 0.0813. The van der Waals surface area contributed by atoms with Crippen LogP contribution in [-0.2, 0) is 0 Å². The van der Waals surface area contributed by atoms with Crippen molar-refractivity contribution in [2.24, 2.45) is 0 Å².